The van der Waals surface area contributed by atoms with Crippen molar-refractivity contribution in [1.82, 2.24) is 19.9 Å². The fourth-order valence-corrected chi connectivity index (χ4v) is 4.55. The molecule has 4 N–H and O–H groups in total. The van der Waals surface area contributed by atoms with Gasteiger partial charge in [-0.15, -0.1) is 0 Å². The molecule has 0 aliphatic carbocycles. The van der Waals surface area contributed by atoms with Crippen LogP contribution in [-0.2, 0) is 0 Å². The molecule has 6 rings (SSSR count). The van der Waals surface area contributed by atoms with Gasteiger partial charge < -0.3 is 25.2 Å². The van der Waals surface area contributed by atoms with Gasteiger partial charge in [-0.2, -0.15) is 0 Å². The summed E-state index contributed by atoms with van der Waals surface area (Å²) >= 11 is 0. The molecule has 0 saturated carbocycles. The molecule has 4 aromatic carbocycles. The van der Waals surface area contributed by atoms with Gasteiger partial charge in [0.1, 0.15) is 34.2 Å². The highest BCUT2D eigenvalue weighted by molar-refractivity contribution is 5.99. The molecule has 0 aliphatic rings. The first-order valence-electron chi connectivity index (χ1n) is 11.9. The van der Waals surface area contributed by atoms with Gasteiger partial charge in [0.2, 0.25) is 0 Å². The summed E-state index contributed by atoms with van der Waals surface area (Å²) in [6.07, 6.45) is 0. The molecule has 0 aliphatic heterocycles. The van der Waals surface area contributed by atoms with E-state index in [4.69, 9.17) is 15.2 Å². The molecule has 188 valence electrons. The van der Waals surface area contributed by atoms with E-state index >= 15 is 0 Å². The normalized spacial score (nSPS) is 11.1. The predicted octanol–water partition coefficient (Wildman–Crippen LogP) is 6.01. The molecule has 0 fully saturated rings. The summed E-state index contributed by atoms with van der Waals surface area (Å²) in [4.78, 5) is 29.9. The standard InChI is InChI=1S/C29H24N6O3/c1-37-23-7-3-5-21-25(23)33-27(31-21)17-9-13-19(14-10-17)35(29(30)36)20-15-11-18(12-16-20)28-32-22-6-4-8-24(38-2)26(22)34-28/h3-16H,1-2H3,(H2,30,36)(H,31,33)(H,32,34). The molecule has 0 saturated heterocycles. The van der Waals surface area contributed by atoms with Gasteiger partial charge in [-0.25, -0.2) is 14.8 Å². The van der Waals surface area contributed by atoms with Crippen molar-refractivity contribution in [2.45, 2.75) is 0 Å². The van der Waals surface area contributed by atoms with Gasteiger partial charge in [0.25, 0.3) is 0 Å². The van der Waals surface area contributed by atoms with Crippen LogP contribution >= 0.6 is 0 Å². The Balaban J connectivity index is 1.29. The van der Waals surface area contributed by atoms with Crippen molar-refractivity contribution in [3.05, 3.63) is 84.9 Å². The molecule has 0 radical (unpaired) electrons. The van der Waals surface area contributed by atoms with E-state index in [1.807, 2.05) is 84.9 Å². The van der Waals surface area contributed by atoms with E-state index in [1.165, 1.54) is 4.90 Å². The van der Waals surface area contributed by atoms with Crippen LogP contribution in [-0.4, -0.2) is 40.2 Å². The largest absolute Gasteiger partial charge is 0.494 e. The Bertz CT molecular complexity index is 1650. The van der Waals surface area contributed by atoms with Crippen molar-refractivity contribution in [3.8, 4) is 34.3 Å². The van der Waals surface area contributed by atoms with Crippen LogP contribution in [0.4, 0.5) is 16.2 Å². The van der Waals surface area contributed by atoms with E-state index in [0.29, 0.717) is 34.5 Å². The van der Waals surface area contributed by atoms with E-state index in [9.17, 15) is 4.79 Å². The first-order chi connectivity index (χ1) is 18.6. The van der Waals surface area contributed by atoms with E-state index in [-0.39, 0.29) is 0 Å². The number of benzene rings is 4. The van der Waals surface area contributed by atoms with Gasteiger partial charge in [0.05, 0.1) is 36.6 Å². The van der Waals surface area contributed by atoms with Crippen LogP contribution in [0.25, 0.3) is 44.8 Å². The van der Waals surface area contributed by atoms with E-state index < -0.39 is 6.03 Å². The number of imidazole rings is 2. The van der Waals surface area contributed by atoms with Crippen molar-refractivity contribution in [2.75, 3.05) is 19.1 Å². The number of rotatable bonds is 6. The summed E-state index contributed by atoms with van der Waals surface area (Å²) in [5.41, 5.74) is 12.1. The summed E-state index contributed by atoms with van der Waals surface area (Å²) in [5.74, 6) is 2.81. The van der Waals surface area contributed by atoms with Gasteiger partial charge in [0.15, 0.2) is 0 Å². The summed E-state index contributed by atoms with van der Waals surface area (Å²) < 4.78 is 10.8. The highest BCUT2D eigenvalue weighted by atomic mass is 16.5. The topological polar surface area (TPSA) is 122 Å². The van der Waals surface area contributed by atoms with Gasteiger partial charge >= 0.3 is 6.03 Å². The molecule has 9 heteroatoms. The minimum Gasteiger partial charge on any atom is -0.494 e. The summed E-state index contributed by atoms with van der Waals surface area (Å²) in [7, 11) is 3.24. The van der Waals surface area contributed by atoms with Crippen molar-refractivity contribution < 1.29 is 14.3 Å². The number of anilines is 2. The Morgan fingerprint density at radius 1 is 0.684 bits per heavy atom. The highest BCUT2D eigenvalue weighted by Gasteiger charge is 2.17. The lowest BCUT2D eigenvalue weighted by atomic mass is 10.1. The third-order valence-corrected chi connectivity index (χ3v) is 6.41. The van der Waals surface area contributed by atoms with Crippen molar-refractivity contribution in [2.24, 2.45) is 5.73 Å². The summed E-state index contributed by atoms with van der Waals surface area (Å²) in [6, 6.07) is 25.8. The first-order valence-corrected chi connectivity index (χ1v) is 11.9. The van der Waals surface area contributed by atoms with Crippen LogP contribution in [0, 0.1) is 0 Å². The minimum absolute atomic E-state index is 0.590. The fraction of sp³-hybridized carbons (Fsp3) is 0.0690. The Labute approximate surface area is 217 Å². The van der Waals surface area contributed by atoms with Crippen LogP contribution in [0.15, 0.2) is 84.9 Å². The Hall–Kier alpha value is -5.31. The number of primary amides is 1. The maximum atomic E-state index is 12.5. The molecule has 2 heterocycles. The zero-order valence-electron chi connectivity index (χ0n) is 20.7. The molecular weight excluding hydrogens is 480 g/mol. The lowest BCUT2D eigenvalue weighted by Crippen LogP contribution is -2.31. The number of aromatic nitrogens is 4. The number of nitrogens with two attached hydrogens (primary N) is 1. The zero-order valence-corrected chi connectivity index (χ0v) is 20.7. The maximum absolute atomic E-state index is 12.5. The van der Waals surface area contributed by atoms with Crippen molar-refractivity contribution >= 4 is 39.5 Å². The minimum atomic E-state index is -0.590. The molecule has 0 atom stereocenters. The lowest BCUT2D eigenvalue weighted by Gasteiger charge is -2.21. The number of urea groups is 1. The van der Waals surface area contributed by atoms with E-state index in [2.05, 4.69) is 19.9 Å². The van der Waals surface area contributed by atoms with Crippen LogP contribution in [0.1, 0.15) is 0 Å². The number of hydrogen-bond acceptors (Lipinski definition) is 5. The molecular formula is C29H24N6O3. The number of H-pyrrole nitrogens is 2. The lowest BCUT2D eigenvalue weighted by molar-refractivity contribution is 0.256. The van der Waals surface area contributed by atoms with Crippen LogP contribution in [0.5, 0.6) is 11.5 Å². The van der Waals surface area contributed by atoms with Crippen molar-refractivity contribution in [1.29, 1.82) is 0 Å². The molecule has 38 heavy (non-hydrogen) atoms. The number of nitrogens with zero attached hydrogens (tertiary/aromatic N) is 3. The van der Waals surface area contributed by atoms with Crippen LogP contribution in [0.3, 0.4) is 0 Å². The predicted molar refractivity (Wildman–Crippen MR) is 148 cm³/mol. The second-order valence-electron chi connectivity index (χ2n) is 8.65. The number of nitrogens with one attached hydrogen (secondary N) is 2. The molecule has 0 spiro atoms. The number of carbonyl (C=O) groups is 1. The van der Waals surface area contributed by atoms with Crippen LogP contribution < -0.4 is 20.1 Å². The molecule has 0 bridgehead atoms. The van der Waals surface area contributed by atoms with E-state index in [0.717, 1.165) is 33.2 Å². The Kier molecular flexibility index (Phi) is 5.65. The highest BCUT2D eigenvalue weighted by Crippen LogP contribution is 2.32. The number of ether oxygens (including phenoxy) is 2. The molecule has 2 amide bonds. The summed E-state index contributed by atoms with van der Waals surface area (Å²) in [5, 5.41) is 0. The third kappa shape index (κ3) is 3.96. The van der Waals surface area contributed by atoms with E-state index in [1.54, 1.807) is 14.2 Å². The smallest absolute Gasteiger partial charge is 0.323 e. The second-order valence-corrected chi connectivity index (χ2v) is 8.65. The second kappa shape index (κ2) is 9.29. The SMILES string of the molecule is COc1cccc2[nH]c(-c3ccc(N(C(N)=O)c4ccc(-c5nc6c(OC)cccc6[nH]5)cc4)cc3)nc12. The number of fused-ring (bicyclic) bond motifs is 2. The number of hydrogen-bond donors (Lipinski definition) is 3. The molecule has 6 aromatic rings. The van der Waals surface area contributed by atoms with Gasteiger partial charge in [-0.1, -0.05) is 12.1 Å². The quantitative estimate of drug-likeness (QED) is 0.256. The maximum Gasteiger partial charge on any atom is 0.323 e. The average Bonchev–Trinajstić information content (AvgIpc) is 3.58. The first kappa shape index (κ1) is 23.1. The van der Waals surface area contributed by atoms with Gasteiger partial charge in [-0.05, 0) is 72.8 Å². The number of methoxy groups -OCH3 is 2. The Morgan fingerprint density at radius 2 is 1.11 bits per heavy atom. The average molecular weight is 505 g/mol. The van der Waals surface area contributed by atoms with Crippen molar-refractivity contribution in [3.63, 3.8) is 0 Å². The fourth-order valence-electron chi connectivity index (χ4n) is 4.55. The van der Waals surface area contributed by atoms with Gasteiger partial charge in [-0.3, -0.25) is 4.90 Å². The number of carbonyl (C=O) groups excluding carboxylic acids is 1. The molecule has 9 nitrogen and oxygen atoms in total. The number of amides is 2. The molecule has 0 unspecified atom stereocenters. The molecule has 2 aromatic heterocycles. The Morgan fingerprint density at radius 3 is 1.47 bits per heavy atom. The third-order valence-electron chi connectivity index (χ3n) is 6.41. The number of aromatic amines is 2. The number of para-hydroxylation sites is 2. The monoisotopic (exact) mass is 504 g/mol. The summed E-state index contributed by atoms with van der Waals surface area (Å²) in [6.45, 7) is 0. The van der Waals surface area contributed by atoms with Crippen LogP contribution in [0.2, 0.25) is 0 Å². The van der Waals surface area contributed by atoms with Gasteiger partial charge in [0, 0.05) is 11.1 Å². The zero-order chi connectivity index (χ0) is 26.2.